The summed E-state index contributed by atoms with van der Waals surface area (Å²) in [5.74, 6) is 0.832. The van der Waals surface area contributed by atoms with Gasteiger partial charge >= 0.3 is 0 Å². The van der Waals surface area contributed by atoms with Crippen molar-refractivity contribution in [3.8, 4) is 5.75 Å². The second-order valence-corrected chi connectivity index (χ2v) is 7.45. The first-order chi connectivity index (χ1) is 13.6. The number of hydrogen-bond acceptors (Lipinski definition) is 3. The Labute approximate surface area is 166 Å². The van der Waals surface area contributed by atoms with Crippen molar-refractivity contribution in [2.24, 2.45) is 5.92 Å². The van der Waals surface area contributed by atoms with Gasteiger partial charge in [-0.15, -0.1) is 0 Å². The van der Waals surface area contributed by atoms with Crippen LogP contribution in [0, 0.1) is 11.7 Å². The zero-order chi connectivity index (χ0) is 19.8. The fourth-order valence-corrected chi connectivity index (χ4v) is 3.74. The van der Waals surface area contributed by atoms with E-state index in [0.717, 1.165) is 56.6 Å². The van der Waals surface area contributed by atoms with E-state index < -0.39 is 0 Å². The predicted molar refractivity (Wildman–Crippen MR) is 109 cm³/mol. The minimum Gasteiger partial charge on any atom is -0.497 e. The minimum absolute atomic E-state index is 0.0333. The van der Waals surface area contributed by atoms with E-state index in [2.05, 4.69) is 16.3 Å². The van der Waals surface area contributed by atoms with Crippen molar-refractivity contribution in [1.29, 1.82) is 0 Å². The number of carbonyl (C=O) groups is 1. The van der Waals surface area contributed by atoms with Crippen molar-refractivity contribution in [3.05, 3.63) is 65.5 Å². The topological polar surface area (TPSA) is 41.6 Å². The molecule has 1 aliphatic rings. The van der Waals surface area contributed by atoms with Crippen molar-refractivity contribution < 1.29 is 13.9 Å². The first-order valence-corrected chi connectivity index (χ1v) is 10.0. The average molecular weight is 384 g/mol. The molecule has 0 bridgehead atoms. The highest BCUT2D eigenvalue weighted by molar-refractivity contribution is 5.78. The third-order valence-electron chi connectivity index (χ3n) is 5.27. The second kappa shape index (κ2) is 10.2. The van der Waals surface area contributed by atoms with Gasteiger partial charge in [-0.3, -0.25) is 9.69 Å². The molecule has 0 aromatic heterocycles. The van der Waals surface area contributed by atoms with E-state index in [9.17, 15) is 9.18 Å². The highest BCUT2D eigenvalue weighted by Gasteiger charge is 2.25. The van der Waals surface area contributed by atoms with Crippen LogP contribution >= 0.6 is 0 Å². The highest BCUT2D eigenvalue weighted by Crippen LogP contribution is 2.19. The number of benzene rings is 2. The summed E-state index contributed by atoms with van der Waals surface area (Å²) in [6.07, 6.45) is 3.77. The van der Waals surface area contributed by atoms with Crippen LogP contribution in [0.1, 0.15) is 30.4 Å². The van der Waals surface area contributed by atoms with Gasteiger partial charge in [0.15, 0.2) is 0 Å². The molecule has 4 nitrogen and oxygen atoms in total. The van der Waals surface area contributed by atoms with E-state index in [1.165, 1.54) is 17.7 Å². The third-order valence-corrected chi connectivity index (χ3v) is 5.27. The summed E-state index contributed by atoms with van der Waals surface area (Å²) in [7, 11) is 1.67. The van der Waals surface area contributed by atoms with Crippen molar-refractivity contribution in [2.75, 3.05) is 26.7 Å². The Morgan fingerprint density at radius 1 is 1.21 bits per heavy atom. The lowest BCUT2D eigenvalue weighted by molar-refractivity contribution is -0.126. The molecule has 1 heterocycles. The van der Waals surface area contributed by atoms with E-state index in [-0.39, 0.29) is 17.6 Å². The molecule has 150 valence electrons. The Balaban J connectivity index is 1.40. The summed E-state index contributed by atoms with van der Waals surface area (Å²) in [6, 6.07) is 14.7. The van der Waals surface area contributed by atoms with Crippen LogP contribution in [0.2, 0.25) is 0 Å². The van der Waals surface area contributed by atoms with Gasteiger partial charge in [0.2, 0.25) is 5.91 Å². The van der Waals surface area contributed by atoms with Crippen LogP contribution in [-0.2, 0) is 17.8 Å². The third kappa shape index (κ3) is 6.06. The van der Waals surface area contributed by atoms with Crippen LogP contribution < -0.4 is 10.1 Å². The molecule has 5 heteroatoms. The number of nitrogens with zero attached hydrogens (tertiary/aromatic N) is 1. The molecule has 0 spiro atoms. The number of nitrogens with one attached hydrogen (secondary N) is 1. The molecule has 0 saturated carbocycles. The molecule has 1 unspecified atom stereocenters. The number of aryl methyl sites for hydroxylation is 1. The van der Waals surface area contributed by atoms with Crippen molar-refractivity contribution in [2.45, 2.75) is 32.2 Å². The maximum absolute atomic E-state index is 13.1. The van der Waals surface area contributed by atoms with Gasteiger partial charge in [-0.2, -0.15) is 0 Å². The SMILES string of the molecule is COc1cccc(CCCNC(=O)C2CCCN(Cc3ccc(F)cc3)C2)c1. The molecule has 0 radical (unpaired) electrons. The Hall–Kier alpha value is -2.40. The van der Waals surface area contributed by atoms with E-state index in [1.807, 2.05) is 30.3 Å². The van der Waals surface area contributed by atoms with Crippen LogP contribution in [0.5, 0.6) is 5.75 Å². The standard InChI is InChI=1S/C23H29FN2O2/c1-28-22-8-2-5-18(15-22)6-3-13-25-23(27)20-7-4-14-26(17-20)16-19-9-11-21(24)12-10-19/h2,5,8-12,15,20H,3-4,6-7,13-14,16-17H2,1H3,(H,25,27). The summed E-state index contributed by atoms with van der Waals surface area (Å²) in [6.45, 7) is 3.19. The van der Waals surface area contributed by atoms with E-state index >= 15 is 0 Å². The lowest BCUT2D eigenvalue weighted by Crippen LogP contribution is -2.42. The molecule has 1 amide bonds. The van der Waals surface area contributed by atoms with Crippen molar-refractivity contribution >= 4 is 5.91 Å². The minimum atomic E-state index is -0.214. The molecule has 1 atom stereocenters. The molecular formula is C23H29FN2O2. The van der Waals surface area contributed by atoms with Gasteiger partial charge in [-0.1, -0.05) is 24.3 Å². The fraction of sp³-hybridized carbons (Fsp3) is 0.435. The molecule has 1 fully saturated rings. The van der Waals surface area contributed by atoms with Gasteiger partial charge in [-0.05, 0) is 67.6 Å². The van der Waals surface area contributed by atoms with Crippen molar-refractivity contribution in [1.82, 2.24) is 10.2 Å². The predicted octanol–water partition coefficient (Wildman–Crippen LogP) is 3.80. The van der Waals surface area contributed by atoms with Gasteiger partial charge in [0, 0.05) is 19.6 Å². The number of rotatable bonds is 8. The number of carbonyl (C=O) groups excluding carboxylic acids is 1. The largest absolute Gasteiger partial charge is 0.497 e. The molecule has 2 aromatic carbocycles. The quantitative estimate of drug-likeness (QED) is 0.704. The van der Waals surface area contributed by atoms with Crippen molar-refractivity contribution in [3.63, 3.8) is 0 Å². The smallest absolute Gasteiger partial charge is 0.224 e. The lowest BCUT2D eigenvalue weighted by Gasteiger charge is -2.32. The Bertz CT molecular complexity index is 763. The van der Waals surface area contributed by atoms with Gasteiger partial charge in [-0.25, -0.2) is 4.39 Å². The first-order valence-electron chi connectivity index (χ1n) is 10.0. The number of halogens is 1. The number of ether oxygens (including phenoxy) is 1. The maximum Gasteiger partial charge on any atom is 0.224 e. The molecule has 1 saturated heterocycles. The Kier molecular flexibility index (Phi) is 7.43. The number of piperidine rings is 1. The summed E-state index contributed by atoms with van der Waals surface area (Å²) < 4.78 is 18.3. The van der Waals surface area contributed by atoms with Gasteiger partial charge < -0.3 is 10.1 Å². The van der Waals surface area contributed by atoms with E-state index in [4.69, 9.17) is 4.74 Å². The zero-order valence-electron chi connectivity index (χ0n) is 16.5. The number of likely N-dealkylation sites (tertiary alicyclic amines) is 1. The van der Waals surface area contributed by atoms with Crippen LogP contribution in [0.25, 0.3) is 0 Å². The summed E-state index contributed by atoms with van der Waals surface area (Å²) in [5.41, 5.74) is 2.30. The normalized spacial score (nSPS) is 17.3. The molecular weight excluding hydrogens is 355 g/mol. The van der Waals surface area contributed by atoms with Gasteiger partial charge in [0.05, 0.1) is 13.0 Å². The average Bonchev–Trinajstić information content (AvgIpc) is 2.73. The number of methoxy groups -OCH3 is 1. The summed E-state index contributed by atoms with van der Waals surface area (Å²) in [5, 5.41) is 3.10. The Morgan fingerprint density at radius 3 is 2.82 bits per heavy atom. The Morgan fingerprint density at radius 2 is 2.04 bits per heavy atom. The second-order valence-electron chi connectivity index (χ2n) is 7.45. The van der Waals surface area contributed by atoms with E-state index in [0.29, 0.717) is 6.54 Å². The van der Waals surface area contributed by atoms with Gasteiger partial charge in [0.25, 0.3) is 0 Å². The lowest BCUT2D eigenvalue weighted by atomic mass is 9.96. The van der Waals surface area contributed by atoms with Crippen LogP contribution in [0.15, 0.2) is 48.5 Å². The first kappa shape index (κ1) is 20.3. The highest BCUT2D eigenvalue weighted by atomic mass is 19.1. The van der Waals surface area contributed by atoms with Crippen LogP contribution in [-0.4, -0.2) is 37.6 Å². The van der Waals surface area contributed by atoms with Gasteiger partial charge in [0.1, 0.15) is 11.6 Å². The molecule has 1 aliphatic heterocycles. The molecule has 1 N–H and O–H groups in total. The maximum atomic E-state index is 13.1. The number of hydrogen-bond donors (Lipinski definition) is 1. The zero-order valence-corrected chi connectivity index (χ0v) is 16.5. The molecule has 28 heavy (non-hydrogen) atoms. The molecule has 0 aliphatic carbocycles. The summed E-state index contributed by atoms with van der Waals surface area (Å²) in [4.78, 5) is 14.8. The van der Waals surface area contributed by atoms with Crippen LogP contribution in [0.3, 0.4) is 0 Å². The number of amides is 1. The summed E-state index contributed by atoms with van der Waals surface area (Å²) >= 11 is 0. The van der Waals surface area contributed by atoms with E-state index in [1.54, 1.807) is 7.11 Å². The molecule has 2 aromatic rings. The van der Waals surface area contributed by atoms with Crippen LogP contribution in [0.4, 0.5) is 4.39 Å². The monoisotopic (exact) mass is 384 g/mol. The fourth-order valence-electron chi connectivity index (χ4n) is 3.74. The molecule has 3 rings (SSSR count).